The smallest absolute Gasteiger partial charge is 0.193 e. The number of halogens is 1. The Hall–Kier alpha value is -0.370. The van der Waals surface area contributed by atoms with E-state index >= 15 is 0 Å². The average Bonchev–Trinajstić information content (AvgIpc) is 3.03. The van der Waals surface area contributed by atoms with Gasteiger partial charge in [0.25, 0.3) is 0 Å². The molecular formula is C17H31IN4S. The number of hydrogen-bond donors (Lipinski definition) is 1. The molecule has 1 saturated heterocycles. The second kappa shape index (κ2) is 9.81. The lowest BCUT2D eigenvalue weighted by Crippen LogP contribution is -2.40. The Balaban J connectivity index is 0.00000264. The lowest BCUT2D eigenvalue weighted by Gasteiger charge is -2.23. The number of nitrogens with one attached hydrogen (secondary N) is 1. The summed E-state index contributed by atoms with van der Waals surface area (Å²) in [4.78, 5) is 11.7. The highest BCUT2D eigenvalue weighted by molar-refractivity contribution is 14.0. The predicted octanol–water partition coefficient (Wildman–Crippen LogP) is 4.09. The fourth-order valence-electron chi connectivity index (χ4n) is 2.81. The Kier molecular flexibility index (Phi) is 8.82. The topological polar surface area (TPSA) is 40.5 Å². The number of aromatic nitrogens is 1. The molecule has 0 aromatic carbocycles. The van der Waals surface area contributed by atoms with Gasteiger partial charge in [-0.05, 0) is 44.9 Å². The molecule has 0 atom stereocenters. The van der Waals surface area contributed by atoms with Crippen molar-refractivity contribution in [2.45, 2.75) is 53.4 Å². The van der Waals surface area contributed by atoms with Gasteiger partial charge in [-0.25, -0.2) is 4.98 Å². The van der Waals surface area contributed by atoms with Gasteiger partial charge in [0.05, 0.1) is 5.01 Å². The third-order valence-electron chi connectivity index (χ3n) is 4.04. The lowest BCUT2D eigenvalue weighted by molar-refractivity contribution is 0.370. The van der Waals surface area contributed by atoms with Crippen molar-refractivity contribution in [3.63, 3.8) is 0 Å². The van der Waals surface area contributed by atoms with Gasteiger partial charge in [0.15, 0.2) is 5.96 Å². The SMILES string of the molecule is CCNC(=NCCCCc1nc(C)cs1)N1CCC(C)(C)C1.I. The monoisotopic (exact) mass is 450 g/mol. The highest BCUT2D eigenvalue weighted by Gasteiger charge is 2.30. The van der Waals surface area contributed by atoms with E-state index in [9.17, 15) is 0 Å². The molecule has 2 rings (SSSR count). The molecule has 0 aliphatic carbocycles. The molecule has 0 saturated carbocycles. The van der Waals surface area contributed by atoms with E-state index in [1.807, 2.05) is 0 Å². The molecule has 0 amide bonds. The zero-order valence-electron chi connectivity index (χ0n) is 14.9. The van der Waals surface area contributed by atoms with Crippen LogP contribution in [0.1, 0.15) is 50.7 Å². The first-order valence-electron chi connectivity index (χ1n) is 8.44. The molecule has 0 bridgehead atoms. The summed E-state index contributed by atoms with van der Waals surface area (Å²) in [5.41, 5.74) is 1.56. The van der Waals surface area contributed by atoms with Gasteiger partial charge in [0, 0.05) is 37.3 Å². The van der Waals surface area contributed by atoms with Crippen LogP contribution < -0.4 is 5.32 Å². The molecule has 0 spiro atoms. The number of unbranched alkanes of at least 4 members (excludes halogenated alkanes) is 1. The first kappa shape index (κ1) is 20.7. The minimum Gasteiger partial charge on any atom is -0.357 e. The molecule has 1 aromatic rings. The summed E-state index contributed by atoms with van der Waals surface area (Å²) in [6.07, 6.45) is 4.63. The Labute approximate surface area is 162 Å². The van der Waals surface area contributed by atoms with Gasteiger partial charge >= 0.3 is 0 Å². The zero-order valence-corrected chi connectivity index (χ0v) is 18.0. The summed E-state index contributed by atoms with van der Waals surface area (Å²) in [6.45, 7) is 13.0. The number of hydrogen-bond acceptors (Lipinski definition) is 3. The highest BCUT2D eigenvalue weighted by atomic mass is 127. The fourth-order valence-corrected chi connectivity index (χ4v) is 3.63. The summed E-state index contributed by atoms with van der Waals surface area (Å²) in [5, 5.41) is 6.83. The van der Waals surface area contributed by atoms with Crippen LogP contribution in [0.5, 0.6) is 0 Å². The molecular weight excluding hydrogens is 419 g/mol. The summed E-state index contributed by atoms with van der Waals surface area (Å²) in [7, 11) is 0. The van der Waals surface area contributed by atoms with E-state index in [0.717, 1.165) is 50.7 Å². The number of aryl methyl sites for hydroxylation is 2. The van der Waals surface area contributed by atoms with Gasteiger partial charge in [0.2, 0.25) is 0 Å². The summed E-state index contributed by atoms with van der Waals surface area (Å²) in [5.74, 6) is 1.10. The molecule has 1 fully saturated rings. The quantitative estimate of drug-likeness (QED) is 0.307. The number of rotatable bonds is 6. The number of likely N-dealkylation sites (tertiary alicyclic amines) is 1. The van der Waals surface area contributed by atoms with Crippen LogP contribution in [0.3, 0.4) is 0 Å². The third kappa shape index (κ3) is 6.95. The lowest BCUT2D eigenvalue weighted by atomic mass is 9.93. The van der Waals surface area contributed by atoms with E-state index in [4.69, 9.17) is 4.99 Å². The maximum absolute atomic E-state index is 4.81. The van der Waals surface area contributed by atoms with Gasteiger partial charge in [0.1, 0.15) is 0 Å². The van der Waals surface area contributed by atoms with Gasteiger partial charge in [-0.3, -0.25) is 4.99 Å². The predicted molar refractivity (Wildman–Crippen MR) is 111 cm³/mol. The van der Waals surface area contributed by atoms with Crippen LogP contribution in [0.25, 0.3) is 0 Å². The maximum atomic E-state index is 4.81. The second-order valence-electron chi connectivity index (χ2n) is 6.91. The van der Waals surface area contributed by atoms with Crippen LogP contribution in [0, 0.1) is 12.3 Å². The van der Waals surface area contributed by atoms with Crippen LogP contribution in [-0.2, 0) is 6.42 Å². The molecule has 6 heteroatoms. The Morgan fingerprint density at radius 2 is 2.22 bits per heavy atom. The highest BCUT2D eigenvalue weighted by Crippen LogP contribution is 2.28. The first-order valence-corrected chi connectivity index (χ1v) is 9.32. The van der Waals surface area contributed by atoms with E-state index in [1.165, 1.54) is 17.8 Å². The van der Waals surface area contributed by atoms with Crippen LogP contribution in [0.15, 0.2) is 10.4 Å². The number of thiazole rings is 1. The van der Waals surface area contributed by atoms with Crippen LogP contribution in [0.4, 0.5) is 0 Å². The Morgan fingerprint density at radius 3 is 2.78 bits per heavy atom. The van der Waals surface area contributed by atoms with Crippen molar-refractivity contribution < 1.29 is 0 Å². The maximum Gasteiger partial charge on any atom is 0.193 e. The summed E-state index contributed by atoms with van der Waals surface area (Å²) in [6, 6.07) is 0. The molecule has 1 aliphatic heterocycles. The summed E-state index contributed by atoms with van der Waals surface area (Å²) >= 11 is 1.77. The van der Waals surface area contributed by atoms with Crippen LogP contribution in [-0.4, -0.2) is 42.0 Å². The van der Waals surface area contributed by atoms with Crippen molar-refractivity contribution in [1.29, 1.82) is 0 Å². The van der Waals surface area contributed by atoms with Crippen molar-refractivity contribution in [2.24, 2.45) is 10.4 Å². The minimum atomic E-state index is 0. The third-order valence-corrected chi connectivity index (χ3v) is 5.07. The molecule has 132 valence electrons. The zero-order chi connectivity index (χ0) is 16.0. The molecule has 1 N–H and O–H groups in total. The van der Waals surface area contributed by atoms with E-state index in [2.05, 4.69) is 48.3 Å². The van der Waals surface area contributed by atoms with Gasteiger partial charge in [-0.15, -0.1) is 35.3 Å². The normalized spacial score (nSPS) is 17.2. The standard InChI is InChI=1S/C17H30N4S.HI/c1-5-18-16(21-11-9-17(3,4)13-21)19-10-7-6-8-15-20-14(2)12-22-15;/h12H,5-11,13H2,1-4H3,(H,18,19);1H. The number of nitrogens with zero attached hydrogens (tertiary/aromatic N) is 3. The van der Waals surface area contributed by atoms with Crippen molar-refractivity contribution in [3.8, 4) is 0 Å². The molecule has 1 aliphatic rings. The fraction of sp³-hybridized carbons (Fsp3) is 0.765. The van der Waals surface area contributed by atoms with Gasteiger partial charge in [-0.1, -0.05) is 13.8 Å². The minimum absolute atomic E-state index is 0. The molecule has 4 nitrogen and oxygen atoms in total. The van der Waals surface area contributed by atoms with Gasteiger partial charge in [-0.2, -0.15) is 0 Å². The largest absolute Gasteiger partial charge is 0.357 e. The van der Waals surface area contributed by atoms with E-state index in [1.54, 1.807) is 11.3 Å². The van der Waals surface area contributed by atoms with E-state index in [0.29, 0.717) is 5.41 Å². The van der Waals surface area contributed by atoms with Gasteiger partial charge < -0.3 is 10.2 Å². The molecule has 0 unspecified atom stereocenters. The van der Waals surface area contributed by atoms with Crippen molar-refractivity contribution in [1.82, 2.24) is 15.2 Å². The molecule has 23 heavy (non-hydrogen) atoms. The summed E-state index contributed by atoms with van der Waals surface area (Å²) < 4.78 is 0. The Morgan fingerprint density at radius 1 is 1.43 bits per heavy atom. The first-order chi connectivity index (χ1) is 10.5. The molecule has 0 radical (unpaired) electrons. The second-order valence-corrected chi connectivity index (χ2v) is 7.85. The molecule has 1 aromatic heterocycles. The van der Waals surface area contributed by atoms with E-state index < -0.39 is 0 Å². The van der Waals surface area contributed by atoms with Crippen LogP contribution >= 0.6 is 35.3 Å². The van der Waals surface area contributed by atoms with Crippen molar-refractivity contribution >= 4 is 41.3 Å². The van der Waals surface area contributed by atoms with Crippen molar-refractivity contribution in [3.05, 3.63) is 16.1 Å². The van der Waals surface area contributed by atoms with Crippen LogP contribution in [0.2, 0.25) is 0 Å². The number of guanidine groups is 1. The Bertz CT molecular complexity index is 499. The molecule has 2 heterocycles. The van der Waals surface area contributed by atoms with E-state index in [-0.39, 0.29) is 24.0 Å². The number of aliphatic imine (C=N–C) groups is 1. The van der Waals surface area contributed by atoms with Crippen molar-refractivity contribution in [2.75, 3.05) is 26.2 Å². The average molecular weight is 450 g/mol.